The van der Waals surface area contributed by atoms with Crippen LogP contribution in [-0.2, 0) is 0 Å². The first-order chi connectivity index (χ1) is 7.70. The summed E-state index contributed by atoms with van der Waals surface area (Å²) in [5, 5.41) is 0. The van der Waals surface area contributed by atoms with Crippen molar-refractivity contribution >= 4 is 5.78 Å². The van der Waals surface area contributed by atoms with Crippen LogP contribution in [0.5, 0.6) is 0 Å². The van der Waals surface area contributed by atoms with Crippen LogP contribution >= 0.6 is 0 Å². The predicted octanol–water partition coefficient (Wildman–Crippen LogP) is 2.32. The van der Waals surface area contributed by atoms with Gasteiger partial charge in [-0.1, -0.05) is 12.1 Å². The van der Waals surface area contributed by atoms with Crippen LogP contribution in [0.1, 0.15) is 27.3 Å². The van der Waals surface area contributed by atoms with Crippen molar-refractivity contribution < 1.29 is 4.79 Å². The summed E-state index contributed by atoms with van der Waals surface area (Å²) in [6, 6.07) is 7.38. The number of carbonyl (C=O) groups excluding carboxylic acids is 1. The maximum absolute atomic E-state index is 12.2. The van der Waals surface area contributed by atoms with Gasteiger partial charge in [0.15, 0.2) is 0 Å². The highest BCUT2D eigenvalue weighted by molar-refractivity contribution is 6.08. The molecule has 80 valence electrons. The Morgan fingerprint density at radius 3 is 1.75 bits per heavy atom. The quantitative estimate of drug-likeness (QED) is 0.717. The minimum absolute atomic E-state index is 0.115. The van der Waals surface area contributed by atoms with Gasteiger partial charge in [0.1, 0.15) is 11.4 Å². The number of aryl methyl sites for hydroxylation is 2. The SMILES string of the molecule is Cc1cccnc1C(=O)c1ncccc1C. The lowest BCUT2D eigenvalue weighted by molar-refractivity contribution is 0.102. The Morgan fingerprint density at radius 2 is 1.38 bits per heavy atom. The lowest BCUT2D eigenvalue weighted by Gasteiger charge is -2.04. The monoisotopic (exact) mass is 212 g/mol. The van der Waals surface area contributed by atoms with Crippen LogP contribution < -0.4 is 0 Å². The maximum Gasteiger partial charge on any atom is 0.230 e. The number of rotatable bonds is 2. The van der Waals surface area contributed by atoms with E-state index in [9.17, 15) is 4.79 Å². The highest BCUT2D eigenvalue weighted by Gasteiger charge is 2.15. The van der Waals surface area contributed by atoms with Gasteiger partial charge in [0.25, 0.3) is 0 Å². The van der Waals surface area contributed by atoms with Crippen molar-refractivity contribution in [3.8, 4) is 0 Å². The second-order valence-corrected chi connectivity index (χ2v) is 3.67. The predicted molar refractivity (Wildman–Crippen MR) is 61.4 cm³/mol. The van der Waals surface area contributed by atoms with Gasteiger partial charge >= 0.3 is 0 Å². The van der Waals surface area contributed by atoms with Gasteiger partial charge in [0, 0.05) is 12.4 Å². The molecule has 0 aliphatic heterocycles. The van der Waals surface area contributed by atoms with Gasteiger partial charge in [0.05, 0.1) is 0 Å². The zero-order valence-corrected chi connectivity index (χ0v) is 9.27. The van der Waals surface area contributed by atoms with E-state index in [1.807, 2.05) is 38.1 Å². The number of carbonyl (C=O) groups is 1. The van der Waals surface area contributed by atoms with Crippen LogP contribution in [0.2, 0.25) is 0 Å². The molecule has 0 bridgehead atoms. The smallest absolute Gasteiger partial charge is 0.230 e. The number of pyridine rings is 2. The topological polar surface area (TPSA) is 42.9 Å². The van der Waals surface area contributed by atoms with Crippen LogP contribution in [0, 0.1) is 13.8 Å². The number of aromatic nitrogens is 2. The minimum atomic E-state index is -0.115. The van der Waals surface area contributed by atoms with Crippen molar-refractivity contribution in [3.05, 3.63) is 59.2 Å². The highest BCUT2D eigenvalue weighted by Crippen LogP contribution is 2.12. The molecule has 2 aromatic rings. The summed E-state index contributed by atoms with van der Waals surface area (Å²) in [6.45, 7) is 3.75. The van der Waals surface area contributed by atoms with Gasteiger partial charge in [-0.15, -0.1) is 0 Å². The Balaban J connectivity index is 2.48. The molecule has 2 aromatic heterocycles. The fraction of sp³-hybridized carbons (Fsp3) is 0.154. The molecular weight excluding hydrogens is 200 g/mol. The molecule has 0 unspecified atom stereocenters. The molecule has 0 fully saturated rings. The first kappa shape index (κ1) is 10.5. The van der Waals surface area contributed by atoms with E-state index < -0.39 is 0 Å². The standard InChI is InChI=1S/C13H12N2O/c1-9-5-3-7-14-11(9)13(16)12-10(2)6-4-8-15-12/h3-8H,1-2H3. The molecule has 2 heterocycles. The van der Waals surface area contributed by atoms with Gasteiger partial charge in [-0.3, -0.25) is 14.8 Å². The zero-order valence-electron chi connectivity index (χ0n) is 9.27. The molecule has 0 N–H and O–H groups in total. The van der Waals surface area contributed by atoms with Crippen molar-refractivity contribution in [2.75, 3.05) is 0 Å². The Hall–Kier alpha value is -2.03. The molecule has 0 aromatic carbocycles. The highest BCUT2D eigenvalue weighted by atomic mass is 16.1. The fourth-order valence-electron chi connectivity index (χ4n) is 1.56. The Bertz CT molecular complexity index is 487. The molecule has 0 saturated heterocycles. The lowest BCUT2D eigenvalue weighted by atomic mass is 10.1. The molecule has 3 heteroatoms. The Morgan fingerprint density at radius 1 is 0.938 bits per heavy atom. The number of nitrogens with zero attached hydrogens (tertiary/aromatic N) is 2. The number of ketones is 1. The summed E-state index contributed by atoms with van der Waals surface area (Å²) in [5.74, 6) is -0.115. The first-order valence-corrected chi connectivity index (χ1v) is 5.08. The Kier molecular flexibility index (Phi) is 2.77. The van der Waals surface area contributed by atoms with Crippen molar-refractivity contribution in [1.82, 2.24) is 9.97 Å². The van der Waals surface area contributed by atoms with E-state index in [0.717, 1.165) is 11.1 Å². The third-order valence-corrected chi connectivity index (χ3v) is 2.45. The van der Waals surface area contributed by atoms with Crippen molar-refractivity contribution in [2.45, 2.75) is 13.8 Å². The van der Waals surface area contributed by atoms with Crippen LogP contribution in [0.4, 0.5) is 0 Å². The minimum Gasteiger partial charge on any atom is -0.285 e. The molecule has 16 heavy (non-hydrogen) atoms. The second-order valence-electron chi connectivity index (χ2n) is 3.67. The first-order valence-electron chi connectivity index (χ1n) is 5.08. The molecule has 0 atom stereocenters. The molecule has 0 radical (unpaired) electrons. The fourth-order valence-corrected chi connectivity index (χ4v) is 1.56. The van der Waals surface area contributed by atoms with Gasteiger partial charge in [0.2, 0.25) is 5.78 Å². The van der Waals surface area contributed by atoms with E-state index in [0.29, 0.717) is 11.4 Å². The molecule has 0 spiro atoms. The lowest BCUT2D eigenvalue weighted by Crippen LogP contribution is -2.09. The van der Waals surface area contributed by atoms with Crippen molar-refractivity contribution in [3.63, 3.8) is 0 Å². The van der Waals surface area contributed by atoms with Crippen molar-refractivity contribution in [2.24, 2.45) is 0 Å². The van der Waals surface area contributed by atoms with E-state index in [2.05, 4.69) is 9.97 Å². The van der Waals surface area contributed by atoms with Crippen LogP contribution in [-0.4, -0.2) is 15.8 Å². The molecule has 0 amide bonds. The summed E-state index contributed by atoms with van der Waals surface area (Å²) >= 11 is 0. The molecule has 0 aliphatic rings. The van der Waals surface area contributed by atoms with E-state index in [1.165, 1.54) is 0 Å². The zero-order chi connectivity index (χ0) is 11.5. The summed E-state index contributed by atoms with van der Waals surface area (Å²) < 4.78 is 0. The molecule has 0 saturated carbocycles. The molecule has 3 nitrogen and oxygen atoms in total. The van der Waals surface area contributed by atoms with Gasteiger partial charge in [-0.25, -0.2) is 0 Å². The Labute approximate surface area is 94.2 Å². The molecule has 2 rings (SSSR count). The molecular formula is C13H12N2O. The van der Waals surface area contributed by atoms with Gasteiger partial charge in [-0.2, -0.15) is 0 Å². The average molecular weight is 212 g/mol. The largest absolute Gasteiger partial charge is 0.285 e. The van der Waals surface area contributed by atoms with Crippen LogP contribution in [0.3, 0.4) is 0 Å². The van der Waals surface area contributed by atoms with Gasteiger partial charge in [-0.05, 0) is 37.1 Å². The summed E-state index contributed by atoms with van der Waals surface area (Å²) in [6.07, 6.45) is 3.25. The van der Waals surface area contributed by atoms with Gasteiger partial charge < -0.3 is 0 Å². The van der Waals surface area contributed by atoms with Crippen LogP contribution in [0.25, 0.3) is 0 Å². The van der Waals surface area contributed by atoms with E-state index >= 15 is 0 Å². The van der Waals surface area contributed by atoms with Crippen molar-refractivity contribution in [1.29, 1.82) is 0 Å². The van der Waals surface area contributed by atoms with E-state index in [1.54, 1.807) is 12.4 Å². The average Bonchev–Trinajstić information content (AvgIpc) is 2.29. The summed E-state index contributed by atoms with van der Waals surface area (Å²) in [5.41, 5.74) is 2.70. The van der Waals surface area contributed by atoms with E-state index in [4.69, 9.17) is 0 Å². The number of hydrogen-bond donors (Lipinski definition) is 0. The number of hydrogen-bond acceptors (Lipinski definition) is 3. The van der Waals surface area contributed by atoms with Crippen LogP contribution in [0.15, 0.2) is 36.7 Å². The summed E-state index contributed by atoms with van der Waals surface area (Å²) in [4.78, 5) is 20.4. The normalized spacial score (nSPS) is 10.1. The molecule has 0 aliphatic carbocycles. The third kappa shape index (κ3) is 1.84. The van der Waals surface area contributed by atoms with E-state index in [-0.39, 0.29) is 5.78 Å². The summed E-state index contributed by atoms with van der Waals surface area (Å²) in [7, 11) is 0. The maximum atomic E-state index is 12.2. The third-order valence-electron chi connectivity index (χ3n) is 2.45. The second kappa shape index (κ2) is 4.23.